The SMILES string of the molecule is Cc1cc(C(=O)Nc2cccc(CN3C(=O)CNC3=O)c2)c(C)n1-c1cccc(C(C)C)c1. The largest absolute Gasteiger partial charge is 0.329 e. The number of hydrogen-bond acceptors (Lipinski definition) is 3. The minimum atomic E-state index is -0.400. The van der Waals surface area contributed by atoms with Crippen molar-refractivity contribution >= 4 is 23.5 Å². The lowest BCUT2D eigenvalue weighted by Gasteiger charge is -2.14. The van der Waals surface area contributed by atoms with Crippen LogP contribution in [0.3, 0.4) is 0 Å². The van der Waals surface area contributed by atoms with Crippen LogP contribution in [-0.2, 0) is 11.3 Å². The van der Waals surface area contributed by atoms with E-state index in [4.69, 9.17) is 0 Å². The summed E-state index contributed by atoms with van der Waals surface area (Å²) in [6.45, 7) is 8.43. The number of rotatable bonds is 6. The fourth-order valence-corrected chi connectivity index (χ4v) is 4.16. The van der Waals surface area contributed by atoms with Crippen molar-refractivity contribution in [3.63, 3.8) is 0 Å². The minimum Gasteiger partial charge on any atom is -0.329 e. The lowest BCUT2D eigenvalue weighted by Crippen LogP contribution is -2.30. The summed E-state index contributed by atoms with van der Waals surface area (Å²) in [5.74, 6) is -0.0528. The average molecular weight is 445 g/mol. The Morgan fingerprint density at radius 2 is 1.82 bits per heavy atom. The van der Waals surface area contributed by atoms with E-state index in [0.29, 0.717) is 17.2 Å². The Morgan fingerprint density at radius 1 is 1.06 bits per heavy atom. The van der Waals surface area contributed by atoms with E-state index in [0.717, 1.165) is 22.6 Å². The van der Waals surface area contributed by atoms with E-state index in [1.54, 1.807) is 18.2 Å². The summed E-state index contributed by atoms with van der Waals surface area (Å²) in [6, 6.07) is 17.0. The zero-order valence-corrected chi connectivity index (χ0v) is 19.3. The van der Waals surface area contributed by atoms with Gasteiger partial charge in [0.15, 0.2) is 0 Å². The first-order chi connectivity index (χ1) is 15.7. The molecule has 0 radical (unpaired) electrons. The van der Waals surface area contributed by atoms with Gasteiger partial charge in [0.2, 0.25) is 5.91 Å². The summed E-state index contributed by atoms with van der Waals surface area (Å²) in [5, 5.41) is 5.46. The van der Waals surface area contributed by atoms with Crippen LogP contribution in [0.15, 0.2) is 54.6 Å². The van der Waals surface area contributed by atoms with E-state index in [1.807, 2.05) is 38.1 Å². The first kappa shape index (κ1) is 22.3. The molecule has 1 aliphatic rings. The molecule has 0 bridgehead atoms. The lowest BCUT2D eigenvalue weighted by molar-refractivity contribution is -0.125. The van der Waals surface area contributed by atoms with E-state index in [1.165, 1.54) is 10.5 Å². The van der Waals surface area contributed by atoms with Crippen molar-refractivity contribution in [2.75, 3.05) is 11.9 Å². The van der Waals surface area contributed by atoms with E-state index < -0.39 is 6.03 Å². The molecule has 2 N–H and O–H groups in total. The van der Waals surface area contributed by atoms with Crippen LogP contribution in [0.1, 0.15) is 52.6 Å². The van der Waals surface area contributed by atoms with Gasteiger partial charge in [-0.25, -0.2) is 4.79 Å². The number of aromatic nitrogens is 1. The molecule has 170 valence electrons. The van der Waals surface area contributed by atoms with Crippen molar-refractivity contribution in [2.45, 2.75) is 40.2 Å². The Kier molecular flexibility index (Phi) is 6.05. The third-order valence-electron chi connectivity index (χ3n) is 5.93. The van der Waals surface area contributed by atoms with Gasteiger partial charge in [0.1, 0.15) is 0 Å². The van der Waals surface area contributed by atoms with Crippen molar-refractivity contribution in [2.24, 2.45) is 0 Å². The Hall–Kier alpha value is -3.87. The maximum Gasteiger partial charge on any atom is 0.324 e. The van der Waals surface area contributed by atoms with Crippen LogP contribution in [0, 0.1) is 13.8 Å². The lowest BCUT2D eigenvalue weighted by atomic mass is 10.0. The van der Waals surface area contributed by atoms with Crippen LogP contribution in [0.2, 0.25) is 0 Å². The molecule has 3 aromatic rings. The first-order valence-electron chi connectivity index (χ1n) is 11.0. The molecule has 0 spiro atoms. The van der Waals surface area contributed by atoms with Crippen LogP contribution in [0.5, 0.6) is 0 Å². The fourth-order valence-electron chi connectivity index (χ4n) is 4.16. The number of imide groups is 1. The molecule has 0 aliphatic carbocycles. The maximum absolute atomic E-state index is 13.1. The molecular formula is C26H28N4O3. The van der Waals surface area contributed by atoms with Crippen molar-refractivity contribution in [3.8, 4) is 5.69 Å². The smallest absolute Gasteiger partial charge is 0.324 e. The standard InChI is InChI=1S/C26H28N4O3/c1-16(2)20-8-6-10-22(13-20)30-17(3)11-23(18(30)4)25(32)28-21-9-5-7-19(12-21)15-29-24(31)14-27-26(29)33/h5-13,16H,14-15H2,1-4H3,(H,27,33)(H,28,32). The highest BCUT2D eigenvalue weighted by Gasteiger charge is 2.28. The maximum atomic E-state index is 13.1. The summed E-state index contributed by atoms with van der Waals surface area (Å²) >= 11 is 0. The van der Waals surface area contributed by atoms with Gasteiger partial charge >= 0.3 is 6.03 Å². The molecule has 0 unspecified atom stereocenters. The molecule has 1 aromatic heterocycles. The van der Waals surface area contributed by atoms with E-state index in [2.05, 4.69) is 41.2 Å². The molecule has 2 heterocycles. The second-order valence-electron chi connectivity index (χ2n) is 8.66. The number of hydrogen-bond donors (Lipinski definition) is 2. The Morgan fingerprint density at radius 3 is 2.52 bits per heavy atom. The molecule has 4 amide bonds. The Balaban J connectivity index is 1.55. The topological polar surface area (TPSA) is 83.4 Å². The van der Waals surface area contributed by atoms with Crippen molar-refractivity contribution in [1.29, 1.82) is 0 Å². The quantitative estimate of drug-likeness (QED) is 0.548. The summed E-state index contributed by atoms with van der Waals surface area (Å²) in [7, 11) is 0. The van der Waals surface area contributed by atoms with E-state index in [-0.39, 0.29) is 24.9 Å². The van der Waals surface area contributed by atoms with Crippen molar-refractivity contribution in [1.82, 2.24) is 14.8 Å². The minimum absolute atomic E-state index is 0.0188. The molecule has 2 aromatic carbocycles. The second kappa shape index (κ2) is 8.94. The van der Waals surface area contributed by atoms with Gasteiger partial charge in [-0.2, -0.15) is 0 Å². The predicted octanol–water partition coefficient (Wildman–Crippen LogP) is 4.52. The predicted molar refractivity (Wildman–Crippen MR) is 128 cm³/mol. The highest BCUT2D eigenvalue weighted by molar-refractivity contribution is 6.05. The molecular weight excluding hydrogens is 416 g/mol. The number of nitrogens with one attached hydrogen (secondary N) is 2. The zero-order valence-electron chi connectivity index (χ0n) is 19.3. The summed E-state index contributed by atoms with van der Waals surface area (Å²) < 4.78 is 2.09. The number of aryl methyl sites for hydroxylation is 1. The van der Waals surface area contributed by atoms with Gasteiger partial charge in [-0.3, -0.25) is 14.5 Å². The molecule has 4 rings (SSSR count). The molecule has 33 heavy (non-hydrogen) atoms. The highest BCUT2D eigenvalue weighted by Crippen LogP contribution is 2.25. The number of anilines is 1. The third kappa shape index (κ3) is 4.53. The normalized spacial score (nSPS) is 13.5. The molecule has 1 saturated heterocycles. The van der Waals surface area contributed by atoms with Gasteiger partial charge in [0.05, 0.1) is 18.7 Å². The van der Waals surface area contributed by atoms with Gasteiger partial charge in [-0.05, 0) is 61.2 Å². The fraction of sp³-hybridized carbons (Fsp3) is 0.269. The van der Waals surface area contributed by atoms with Crippen molar-refractivity contribution < 1.29 is 14.4 Å². The summed E-state index contributed by atoms with van der Waals surface area (Å²) in [6.07, 6.45) is 0. The van der Waals surface area contributed by atoms with Gasteiger partial charge in [0.25, 0.3) is 5.91 Å². The molecule has 7 nitrogen and oxygen atoms in total. The number of carbonyl (C=O) groups excluding carboxylic acids is 3. The molecule has 1 fully saturated rings. The van der Waals surface area contributed by atoms with Gasteiger partial charge in [-0.1, -0.05) is 38.1 Å². The third-order valence-corrected chi connectivity index (χ3v) is 5.93. The van der Waals surface area contributed by atoms with Crippen LogP contribution >= 0.6 is 0 Å². The average Bonchev–Trinajstić information content (AvgIpc) is 3.26. The molecule has 7 heteroatoms. The van der Waals surface area contributed by atoms with Gasteiger partial charge in [-0.15, -0.1) is 0 Å². The Bertz CT molecular complexity index is 1230. The van der Waals surface area contributed by atoms with Crippen LogP contribution in [0.25, 0.3) is 5.69 Å². The van der Waals surface area contributed by atoms with Gasteiger partial charge in [0, 0.05) is 22.8 Å². The molecule has 1 aliphatic heterocycles. The number of benzene rings is 2. The monoisotopic (exact) mass is 444 g/mol. The number of nitrogens with zero attached hydrogens (tertiary/aromatic N) is 2. The van der Waals surface area contributed by atoms with Crippen LogP contribution in [0.4, 0.5) is 10.5 Å². The number of carbonyl (C=O) groups is 3. The van der Waals surface area contributed by atoms with Gasteiger partial charge < -0.3 is 15.2 Å². The van der Waals surface area contributed by atoms with Crippen molar-refractivity contribution in [3.05, 3.63) is 82.7 Å². The van der Waals surface area contributed by atoms with Crippen LogP contribution < -0.4 is 10.6 Å². The number of urea groups is 1. The molecule has 0 saturated carbocycles. The number of amides is 4. The summed E-state index contributed by atoms with van der Waals surface area (Å²) in [5.41, 5.74) is 6.08. The Labute approximate surface area is 193 Å². The zero-order chi connectivity index (χ0) is 23.7. The first-order valence-corrected chi connectivity index (χ1v) is 11.0. The van der Waals surface area contributed by atoms with E-state index in [9.17, 15) is 14.4 Å². The van der Waals surface area contributed by atoms with E-state index >= 15 is 0 Å². The molecule has 0 atom stereocenters. The second-order valence-corrected chi connectivity index (χ2v) is 8.66. The van der Waals surface area contributed by atoms with Crippen LogP contribution in [-0.4, -0.2) is 33.9 Å². The highest BCUT2D eigenvalue weighted by atomic mass is 16.2. The summed E-state index contributed by atoms with van der Waals surface area (Å²) in [4.78, 5) is 37.9.